The highest BCUT2D eigenvalue weighted by molar-refractivity contribution is 5.61. The topological polar surface area (TPSA) is 35.5 Å². The van der Waals surface area contributed by atoms with Gasteiger partial charge in [-0.15, -0.1) is 0 Å². The first-order valence-electron chi connectivity index (χ1n) is 8.05. The van der Waals surface area contributed by atoms with Crippen LogP contribution in [0.4, 0.5) is 10.1 Å². The van der Waals surface area contributed by atoms with Crippen LogP contribution in [0.1, 0.15) is 30.0 Å². The van der Waals surface area contributed by atoms with Crippen molar-refractivity contribution in [3.63, 3.8) is 0 Å². The molecule has 122 valence electrons. The van der Waals surface area contributed by atoms with Crippen molar-refractivity contribution < 1.29 is 9.50 Å². The second kappa shape index (κ2) is 6.69. The lowest BCUT2D eigenvalue weighted by molar-refractivity contribution is 0.140. The van der Waals surface area contributed by atoms with Gasteiger partial charge in [0.2, 0.25) is 0 Å². The fourth-order valence-corrected chi connectivity index (χ4v) is 3.54. The minimum absolute atomic E-state index is 0.273. The predicted molar refractivity (Wildman–Crippen MR) is 91.3 cm³/mol. The maximum absolute atomic E-state index is 13.7. The molecule has 0 aromatic heterocycles. The predicted octanol–water partition coefficient (Wildman–Crippen LogP) is 3.07. The van der Waals surface area contributed by atoms with Crippen LogP contribution in [-0.4, -0.2) is 31.3 Å². The maximum Gasteiger partial charge on any atom is 0.123 e. The monoisotopic (exact) mass is 314 g/mol. The number of halogens is 1. The van der Waals surface area contributed by atoms with E-state index in [0.717, 1.165) is 17.8 Å². The van der Waals surface area contributed by atoms with Gasteiger partial charge in [0.15, 0.2) is 0 Å². The van der Waals surface area contributed by atoms with Crippen LogP contribution in [0.3, 0.4) is 0 Å². The molecule has 2 aromatic carbocycles. The van der Waals surface area contributed by atoms with E-state index in [1.165, 1.54) is 17.7 Å². The Bertz CT molecular complexity index is 676. The Morgan fingerprint density at radius 1 is 1.26 bits per heavy atom. The number of fused-ring (bicyclic) bond motifs is 1. The first-order chi connectivity index (χ1) is 11.1. The smallest absolute Gasteiger partial charge is 0.123 e. The van der Waals surface area contributed by atoms with E-state index in [4.69, 9.17) is 0 Å². The van der Waals surface area contributed by atoms with Crippen molar-refractivity contribution in [1.29, 1.82) is 0 Å². The number of nitrogens with one attached hydrogen (secondary N) is 1. The van der Waals surface area contributed by atoms with Crippen molar-refractivity contribution in [3.05, 3.63) is 65.5 Å². The average molecular weight is 314 g/mol. The molecule has 3 nitrogen and oxygen atoms in total. The summed E-state index contributed by atoms with van der Waals surface area (Å²) in [5, 5.41) is 13.7. The molecule has 0 spiro atoms. The zero-order valence-corrected chi connectivity index (χ0v) is 13.5. The molecule has 0 radical (unpaired) electrons. The highest BCUT2D eigenvalue weighted by Gasteiger charge is 2.34. The molecule has 1 aliphatic heterocycles. The molecule has 2 N–H and O–H groups in total. The van der Waals surface area contributed by atoms with Gasteiger partial charge in [-0.2, -0.15) is 0 Å². The lowest BCUT2D eigenvalue weighted by atomic mass is 9.99. The molecule has 1 heterocycles. The summed E-state index contributed by atoms with van der Waals surface area (Å²) in [5.41, 5.74) is 3.21. The summed E-state index contributed by atoms with van der Waals surface area (Å²) in [7, 11) is 1.81. The molecule has 4 heteroatoms. The van der Waals surface area contributed by atoms with Crippen molar-refractivity contribution in [2.45, 2.75) is 25.0 Å². The Morgan fingerprint density at radius 3 is 2.78 bits per heavy atom. The fourth-order valence-electron chi connectivity index (χ4n) is 3.54. The third-order valence-electron chi connectivity index (χ3n) is 4.55. The molecular formula is C19H23FN2O. The van der Waals surface area contributed by atoms with E-state index in [1.807, 2.05) is 25.2 Å². The largest absolute Gasteiger partial charge is 0.389 e. The number of benzene rings is 2. The molecule has 23 heavy (non-hydrogen) atoms. The van der Waals surface area contributed by atoms with Crippen molar-refractivity contribution in [1.82, 2.24) is 5.32 Å². The molecule has 1 aliphatic rings. The van der Waals surface area contributed by atoms with Gasteiger partial charge in [-0.3, -0.25) is 0 Å². The summed E-state index contributed by atoms with van der Waals surface area (Å²) in [4.78, 5) is 2.21. The lowest BCUT2D eigenvalue weighted by Gasteiger charge is -2.34. The van der Waals surface area contributed by atoms with Gasteiger partial charge in [0.25, 0.3) is 0 Å². The molecule has 2 unspecified atom stereocenters. The van der Waals surface area contributed by atoms with Crippen LogP contribution in [0.5, 0.6) is 0 Å². The third-order valence-corrected chi connectivity index (χ3v) is 4.55. The quantitative estimate of drug-likeness (QED) is 0.890. The number of aliphatic hydroxyl groups excluding tert-OH is 1. The number of hydrogen-bond donors (Lipinski definition) is 2. The van der Waals surface area contributed by atoms with E-state index < -0.39 is 6.10 Å². The molecule has 0 aliphatic carbocycles. The Morgan fingerprint density at radius 2 is 2.04 bits per heavy atom. The van der Waals surface area contributed by atoms with E-state index in [2.05, 4.69) is 29.3 Å². The van der Waals surface area contributed by atoms with Crippen LogP contribution in [-0.2, 0) is 0 Å². The molecule has 3 atom stereocenters. The maximum atomic E-state index is 13.7. The van der Waals surface area contributed by atoms with Gasteiger partial charge >= 0.3 is 0 Å². The van der Waals surface area contributed by atoms with Crippen LogP contribution in [0.15, 0.2) is 48.5 Å². The van der Waals surface area contributed by atoms with Crippen LogP contribution in [0, 0.1) is 5.82 Å². The Hall–Kier alpha value is -1.91. The van der Waals surface area contributed by atoms with Crippen LogP contribution in [0.2, 0.25) is 0 Å². The Balaban J connectivity index is 2.03. The van der Waals surface area contributed by atoms with E-state index in [0.29, 0.717) is 12.5 Å². The van der Waals surface area contributed by atoms with Crippen molar-refractivity contribution >= 4 is 5.69 Å². The molecule has 0 saturated carbocycles. The van der Waals surface area contributed by atoms with E-state index >= 15 is 0 Å². The van der Waals surface area contributed by atoms with Gasteiger partial charge in [-0.1, -0.05) is 37.3 Å². The normalized spacial score (nSPS) is 19.5. The van der Waals surface area contributed by atoms with Gasteiger partial charge in [0.1, 0.15) is 5.82 Å². The fraction of sp³-hybridized carbons (Fsp3) is 0.368. The molecule has 0 amide bonds. The van der Waals surface area contributed by atoms with Crippen molar-refractivity contribution in [2.24, 2.45) is 0 Å². The number of nitrogens with zero attached hydrogens (tertiary/aromatic N) is 1. The summed E-state index contributed by atoms with van der Waals surface area (Å²) < 4.78 is 13.7. The minimum atomic E-state index is -0.625. The van der Waals surface area contributed by atoms with Crippen molar-refractivity contribution in [2.75, 3.05) is 25.0 Å². The molecule has 0 fully saturated rings. The number of likely N-dealkylation sites (N-methyl/N-ethyl adjacent to an activating group) is 1. The first-order valence-corrected chi connectivity index (χ1v) is 8.05. The summed E-state index contributed by atoms with van der Waals surface area (Å²) in [6, 6.07) is 14.5. The summed E-state index contributed by atoms with van der Waals surface area (Å²) >= 11 is 0. The van der Waals surface area contributed by atoms with Gasteiger partial charge in [0.05, 0.1) is 12.1 Å². The second-order valence-corrected chi connectivity index (χ2v) is 6.24. The Labute approximate surface area is 136 Å². The Kier molecular flexibility index (Phi) is 4.64. The zero-order chi connectivity index (χ0) is 16.4. The summed E-state index contributed by atoms with van der Waals surface area (Å²) in [5.74, 6) is 0.119. The van der Waals surface area contributed by atoms with E-state index in [1.54, 1.807) is 6.07 Å². The SMILES string of the molecule is CNCC(O)C(c1cccc(F)c1)N1C[C@H](C)c2ccccc21. The van der Waals surface area contributed by atoms with Gasteiger partial charge in [0, 0.05) is 24.7 Å². The highest BCUT2D eigenvalue weighted by Crippen LogP contribution is 2.41. The number of anilines is 1. The molecule has 2 aromatic rings. The molecule has 0 saturated heterocycles. The van der Waals surface area contributed by atoms with E-state index in [9.17, 15) is 9.50 Å². The molecular weight excluding hydrogens is 291 g/mol. The molecule has 3 rings (SSSR count). The first kappa shape index (κ1) is 16.0. The number of para-hydroxylation sites is 1. The van der Waals surface area contributed by atoms with Crippen molar-refractivity contribution in [3.8, 4) is 0 Å². The van der Waals surface area contributed by atoms with Crippen LogP contribution in [0.25, 0.3) is 0 Å². The standard InChI is InChI=1S/C19H23FN2O/c1-13-12-22(17-9-4-3-8-16(13)17)19(18(23)11-21-2)14-6-5-7-15(20)10-14/h3-10,13,18-19,21,23H,11-12H2,1-2H3/t13-,18?,19?/m0/s1. The molecule has 0 bridgehead atoms. The van der Waals surface area contributed by atoms with Crippen LogP contribution < -0.4 is 10.2 Å². The number of hydrogen-bond acceptors (Lipinski definition) is 3. The summed E-state index contributed by atoms with van der Waals surface area (Å²) in [6.45, 7) is 3.46. The second-order valence-electron chi connectivity index (χ2n) is 6.24. The van der Waals surface area contributed by atoms with Gasteiger partial charge in [-0.25, -0.2) is 4.39 Å². The highest BCUT2D eigenvalue weighted by atomic mass is 19.1. The lowest BCUT2D eigenvalue weighted by Crippen LogP contribution is -2.40. The minimum Gasteiger partial charge on any atom is -0.389 e. The summed E-state index contributed by atoms with van der Waals surface area (Å²) in [6.07, 6.45) is -0.625. The van der Waals surface area contributed by atoms with Crippen LogP contribution >= 0.6 is 0 Å². The number of rotatable bonds is 5. The van der Waals surface area contributed by atoms with Gasteiger partial charge in [-0.05, 0) is 36.4 Å². The number of aliphatic hydroxyl groups is 1. The zero-order valence-electron chi connectivity index (χ0n) is 13.5. The van der Waals surface area contributed by atoms with Gasteiger partial charge < -0.3 is 15.3 Å². The van der Waals surface area contributed by atoms with E-state index in [-0.39, 0.29) is 11.9 Å². The average Bonchev–Trinajstić information content (AvgIpc) is 2.86. The third kappa shape index (κ3) is 3.09.